The van der Waals surface area contributed by atoms with Gasteiger partial charge in [-0.25, -0.2) is 0 Å². The minimum Gasteiger partial charge on any atom is -0.551 e. The van der Waals surface area contributed by atoms with Crippen molar-refractivity contribution in [2.24, 2.45) is 0 Å². The molecule has 0 saturated carbocycles. The zero-order valence-electron chi connectivity index (χ0n) is 35.4. The lowest BCUT2D eigenvalue weighted by molar-refractivity contribution is 0.479. The van der Waals surface area contributed by atoms with Crippen LogP contribution in [-0.4, -0.2) is 19.6 Å². The topological polar surface area (TPSA) is 23.4 Å². The van der Waals surface area contributed by atoms with Crippen molar-refractivity contribution in [1.82, 2.24) is 4.57 Å². The number of rotatable bonds is 7. The molecule has 0 unspecified atom stereocenters. The van der Waals surface area contributed by atoms with Gasteiger partial charge in [-0.3, -0.25) is 0 Å². The third kappa shape index (κ3) is 5.83. The number of ether oxygens (including phenoxy) is 1. The highest BCUT2D eigenvalue weighted by atomic mass is 28.3. The molecule has 0 spiro atoms. The molecule has 5 heteroatoms. The molecule has 3 nitrogen and oxygen atoms in total. The van der Waals surface area contributed by atoms with E-state index in [2.05, 4.69) is 247 Å². The molecule has 1 aromatic heterocycles. The van der Waals surface area contributed by atoms with Gasteiger partial charge in [-0.1, -0.05) is 200 Å². The SMILES string of the molecule is c1ccc([Si](c2ccccc2)(c2ccccc2)c2ccccc2-c2ccc3c(c2)OB2c4cc(-c5cccc(-n6c7ccccc7c7ccccc76)c5)ccc4Oc4cccc-3c42)cc1. The molecule has 13 rings (SSSR count). The largest absolute Gasteiger partial charge is 0.551 e. The van der Waals surface area contributed by atoms with Crippen LogP contribution in [0.2, 0.25) is 0 Å². The Bertz CT molecular complexity index is 3470. The quantitative estimate of drug-likeness (QED) is 0.118. The van der Waals surface area contributed by atoms with Crippen molar-refractivity contribution in [2.75, 3.05) is 0 Å². The Morgan fingerprint density at radius 1 is 0.369 bits per heavy atom. The van der Waals surface area contributed by atoms with Gasteiger partial charge >= 0.3 is 6.92 Å². The second kappa shape index (κ2) is 15.0. The molecule has 304 valence electrons. The Balaban J connectivity index is 0.939. The first-order chi connectivity index (χ1) is 32.2. The van der Waals surface area contributed by atoms with Gasteiger partial charge in [-0.2, -0.15) is 0 Å². The predicted octanol–water partition coefficient (Wildman–Crippen LogP) is 10.8. The normalized spacial score (nSPS) is 12.5. The van der Waals surface area contributed by atoms with E-state index in [1.54, 1.807) is 0 Å². The highest BCUT2D eigenvalue weighted by molar-refractivity contribution is 7.20. The van der Waals surface area contributed by atoms with Gasteiger partial charge in [0, 0.05) is 32.9 Å². The van der Waals surface area contributed by atoms with E-state index in [1.807, 2.05) is 0 Å². The maximum atomic E-state index is 7.30. The Morgan fingerprint density at radius 2 is 0.938 bits per heavy atom. The first kappa shape index (κ1) is 37.4. The molecule has 0 aliphatic carbocycles. The van der Waals surface area contributed by atoms with Crippen LogP contribution in [0.15, 0.2) is 243 Å². The van der Waals surface area contributed by atoms with E-state index in [0.717, 1.165) is 61.7 Å². The fraction of sp³-hybridized carbons (Fsp3) is 0. The Morgan fingerprint density at radius 3 is 1.63 bits per heavy atom. The van der Waals surface area contributed by atoms with Crippen LogP contribution in [0, 0.1) is 0 Å². The maximum absolute atomic E-state index is 7.30. The van der Waals surface area contributed by atoms with Crippen molar-refractivity contribution in [1.29, 1.82) is 0 Å². The highest BCUT2D eigenvalue weighted by Gasteiger charge is 2.44. The minimum atomic E-state index is -2.83. The number of benzene rings is 10. The lowest BCUT2D eigenvalue weighted by atomic mass is 9.50. The first-order valence-electron chi connectivity index (χ1n) is 22.4. The van der Waals surface area contributed by atoms with Crippen LogP contribution in [0.1, 0.15) is 0 Å². The van der Waals surface area contributed by atoms with Gasteiger partial charge in [0.25, 0.3) is 0 Å². The molecular formula is C60H40BNO2Si. The molecule has 0 amide bonds. The summed E-state index contributed by atoms with van der Waals surface area (Å²) in [6, 6.07) is 88.4. The predicted molar refractivity (Wildman–Crippen MR) is 273 cm³/mol. The molecule has 0 radical (unpaired) electrons. The fourth-order valence-corrected chi connectivity index (χ4v) is 15.8. The summed E-state index contributed by atoms with van der Waals surface area (Å²) < 4.78 is 16.4. The molecular weight excluding hydrogens is 806 g/mol. The third-order valence-corrected chi connectivity index (χ3v) is 18.5. The Kier molecular flexibility index (Phi) is 8.65. The average Bonchev–Trinajstić information content (AvgIpc) is 3.72. The minimum absolute atomic E-state index is 0.352. The summed E-state index contributed by atoms with van der Waals surface area (Å²) in [5.41, 5.74) is 12.4. The third-order valence-electron chi connectivity index (χ3n) is 13.6. The van der Waals surface area contributed by atoms with Gasteiger partial charge in [-0.15, -0.1) is 0 Å². The molecule has 0 bridgehead atoms. The standard InChI is InChI=1S/C60H40BNO2Si/c1-4-20-45(21-5-1)65(46-22-6-2-7-23-46,47-24-8-3-9-25-47)59-33-15-12-26-48(59)43-34-36-51-52-29-17-32-57-60(52)61(64-58(51)40-43)53-39-42(35-37-56(53)63-57)41-18-16-19-44(38-41)62-54-30-13-10-27-49(54)50-28-11-14-31-55(50)62/h1-40H. The summed E-state index contributed by atoms with van der Waals surface area (Å²) in [6.07, 6.45) is 0. The molecule has 0 N–H and O–H groups in total. The number of hydrogen-bond acceptors (Lipinski definition) is 2. The van der Waals surface area contributed by atoms with Gasteiger partial charge in [0.05, 0.1) is 11.0 Å². The van der Waals surface area contributed by atoms with E-state index in [4.69, 9.17) is 9.39 Å². The van der Waals surface area contributed by atoms with Crippen molar-refractivity contribution in [2.45, 2.75) is 0 Å². The number of hydrogen-bond donors (Lipinski definition) is 0. The maximum Gasteiger partial charge on any atom is 0.434 e. The van der Waals surface area contributed by atoms with Gasteiger partial charge in [0.1, 0.15) is 17.2 Å². The molecule has 2 aliphatic rings. The highest BCUT2D eigenvalue weighted by Crippen LogP contribution is 2.42. The molecule has 10 aromatic carbocycles. The van der Waals surface area contributed by atoms with E-state index in [1.165, 1.54) is 48.1 Å². The summed E-state index contributed by atoms with van der Waals surface area (Å²) >= 11 is 0. The van der Waals surface area contributed by atoms with Crippen LogP contribution < -0.4 is 41.1 Å². The summed E-state index contributed by atoms with van der Waals surface area (Å²) in [5, 5.41) is 7.87. The average molecular weight is 846 g/mol. The number of nitrogens with zero attached hydrogens (tertiary/aromatic N) is 1. The van der Waals surface area contributed by atoms with Crippen LogP contribution in [0.3, 0.4) is 0 Å². The van der Waals surface area contributed by atoms with E-state index in [-0.39, 0.29) is 6.92 Å². The van der Waals surface area contributed by atoms with Crippen LogP contribution in [0.4, 0.5) is 0 Å². The van der Waals surface area contributed by atoms with Gasteiger partial charge in [0.2, 0.25) is 0 Å². The van der Waals surface area contributed by atoms with Crippen molar-refractivity contribution in [3.63, 3.8) is 0 Å². The Hall–Kier alpha value is -8.12. The van der Waals surface area contributed by atoms with Crippen molar-refractivity contribution in [3.05, 3.63) is 243 Å². The summed E-state index contributed by atoms with van der Waals surface area (Å²) in [6.45, 7) is -0.352. The lowest BCUT2D eigenvalue weighted by Gasteiger charge is -2.36. The molecule has 3 heterocycles. The molecule has 0 fully saturated rings. The lowest BCUT2D eigenvalue weighted by Crippen LogP contribution is -2.75. The van der Waals surface area contributed by atoms with E-state index < -0.39 is 8.07 Å². The molecule has 0 saturated heterocycles. The molecule has 2 aliphatic heterocycles. The van der Waals surface area contributed by atoms with E-state index >= 15 is 0 Å². The molecule has 65 heavy (non-hydrogen) atoms. The fourth-order valence-electron chi connectivity index (χ4n) is 10.8. The summed E-state index contributed by atoms with van der Waals surface area (Å²) in [7, 11) is -2.83. The number of fused-ring (bicyclic) bond motifs is 7. The number of para-hydroxylation sites is 2. The number of aromatic nitrogens is 1. The Labute approximate surface area is 379 Å². The zero-order chi connectivity index (χ0) is 42.9. The monoisotopic (exact) mass is 845 g/mol. The van der Waals surface area contributed by atoms with Gasteiger partial charge in [-0.05, 0) is 91.0 Å². The second-order valence-corrected chi connectivity index (χ2v) is 20.9. The molecule has 11 aromatic rings. The van der Waals surface area contributed by atoms with Crippen LogP contribution in [0.5, 0.6) is 17.2 Å². The van der Waals surface area contributed by atoms with E-state index in [0.29, 0.717) is 0 Å². The van der Waals surface area contributed by atoms with Gasteiger partial charge < -0.3 is 14.0 Å². The van der Waals surface area contributed by atoms with Crippen LogP contribution in [0.25, 0.3) is 60.9 Å². The summed E-state index contributed by atoms with van der Waals surface area (Å²) in [4.78, 5) is 0. The van der Waals surface area contributed by atoms with Crippen LogP contribution >= 0.6 is 0 Å². The van der Waals surface area contributed by atoms with Gasteiger partial charge in [0.15, 0.2) is 8.07 Å². The van der Waals surface area contributed by atoms with Crippen molar-refractivity contribution < 1.29 is 9.39 Å². The van der Waals surface area contributed by atoms with Crippen molar-refractivity contribution >= 4 is 68.5 Å². The van der Waals surface area contributed by atoms with Crippen LogP contribution in [-0.2, 0) is 0 Å². The van der Waals surface area contributed by atoms with Crippen molar-refractivity contribution in [3.8, 4) is 56.3 Å². The first-order valence-corrected chi connectivity index (χ1v) is 24.4. The summed E-state index contributed by atoms with van der Waals surface area (Å²) in [5.74, 6) is 2.52. The zero-order valence-corrected chi connectivity index (χ0v) is 36.4. The molecule has 0 atom stereocenters. The second-order valence-electron chi connectivity index (χ2n) is 17.1. The smallest absolute Gasteiger partial charge is 0.434 e. The van der Waals surface area contributed by atoms with E-state index in [9.17, 15) is 0 Å².